The third-order valence-electron chi connectivity index (χ3n) is 3.26. The van der Waals surface area contributed by atoms with Gasteiger partial charge in [-0.3, -0.25) is 0 Å². The van der Waals surface area contributed by atoms with Crippen molar-refractivity contribution >= 4 is 0 Å². The Bertz CT molecular complexity index is 131. The molecule has 0 N–H and O–H groups in total. The molecule has 11 heavy (non-hydrogen) atoms. The number of hydrogen-bond acceptors (Lipinski definition) is 1. The maximum Gasteiger partial charge on any atom is 0.00977 e. The van der Waals surface area contributed by atoms with E-state index in [-0.39, 0.29) is 0 Å². The van der Waals surface area contributed by atoms with Crippen LogP contribution >= 0.6 is 0 Å². The van der Waals surface area contributed by atoms with Crippen molar-refractivity contribution in [3.63, 3.8) is 0 Å². The topological polar surface area (TPSA) is 3.24 Å². The summed E-state index contributed by atoms with van der Waals surface area (Å²) in [6.45, 7) is 10.7. The van der Waals surface area contributed by atoms with Crippen molar-refractivity contribution in [1.82, 2.24) is 4.90 Å². The number of nitrogens with zero attached hydrogens (tertiary/aromatic N) is 1. The highest BCUT2D eigenvalue weighted by Crippen LogP contribution is 2.33. The molecule has 3 unspecified atom stereocenters. The van der Waals surface area contributed by atoms with E-state index in [0.29, 0.717) is 0 Å². The van der Waals surface area contributed by atoms with Gasteiger partial charge in [-0.15, -0.1) is 0 Å². The van der Waals surface area contributed by atoms with E-state index in [1.54, 1.807) is 0 Å². The summed E-state index contributed by atoms with van der Waals surface area (Å²) in [4.78, 5) is 2.48. The predicted molar refractivity (Wildman–Crippen MR) is 49.6 cm³/mol. The molecule has 0 spiro atoms. The second-order valence-corrected chi connectivity index (χ2v) is 4.48. The van der Waals surface area contributed by atoms with Gasteiger partial charge in [0, 0.05) is 12.6 Å². The van der Waals surface area contributed by atoms with Crippen molar-refractivity contribution in [3.05, 3.63) is 0 Å². The van der Waals surface area contributed by atoms with Crippen LogP contribution in [0.2, 0.25) is 0 Å². The van der Waals surface area contributed by atoms with Crippen molar-refractivity contribution in [2.75, 3.05) is 13.6 Å². The second kappa shape index (κ2) is 3.14. The molecule has 0 amide bonds. The molecule has 1 heteroatoms. The molecule has 1 heterocycles. The summed E-state index contributed by atoms with van der Waals surface area (Å²) in [7, 11) is 2.24. The van der Waals surface area contributed by atoms with Crippen LogP contribution < -0.4 is 0 Å². The lowest BCUT2D eigenvalue weighted by atomic mass is 9.83. The normalized spacial score (nSPS) is 40.4. The van der Waals surface area contributed by atoms with Crippen LogP contribution in [-0.4, -0.2) is 24.5 Å². The smallest absolute Gasteiger partial charge is 0.00977 e. The summed E-state index contributed by atoms with van der Waals surface area (Å²) in [5.74, 6) is 2.62. The molecular weight excluding hydrogens is 134 g/mol. The lowest BCUT2D eigenvalue weighted by Crippen LogP contribution is -2.28. The Labute approximate surface area is 70.8 Å². The molecule has 0 bridgehead atoms. The molecule has 0 radical (unpaired) electrons. The van der Waals surface area contributed by atoms with Gasteiger partial charge in [0.2, 0.25) is 0 Å². The maximum atomic E-state index is 2.48. The van der Waals surface area contributed by atoms with Crippen LogP contribution in [-0.2, 0) is 0 Å². The molecule has 1 fully saturated rings. The number of hydrogen-bond donors (Lipinski definition) is 0. The Morgan fingerprint density at radius 2 is 1.82 bits per heavy atom. The van der Waals surface area contributed by atoms with Crippen LogP contribution in [0.15, 0.2) is 0 Å². The Morgan fingerprint density at radius 3 is 2.00 bits per heavy atom. The van der Waals surface area contributed by atoms with Gasteiger partial charge in [0.15, 0.2) is 0 Å². The Balaban J connectivity index is 2.63. The van der Waals surface area contributed by atoms with Gasteiger partial charge in [-0.2, -0.15) is 0 Å². The van der Waals surface area contributed by atoms with E-state index in [2.05, 4.69) is 39.6 Å². The highest BCUT2D eigenvalue weighted by molar-refractivity contribution is 4.88. The van der Waals surface area contributed by atoms with Crippen LogP contribution in [0.25, 0.3) is 0 Å². The fourth-order valence-electron chi connectivity index (χ4n) is 2.73. The van der Waals surface area contributed by atoms with Crippen LogP contribution in [0.1, 0.15) is 27.7 Å². The van der Waals surface area contributed by atoms with Crippen molar-refractivity contribution < 1.29 is 0 Å². The largest absolute Gasteiger partial charge is 0.303 e. The number of rotatable bonds is 1. The summed E-state index contributed by atoms with van der Waals surface area (Å²) in [6.07, 6.45) is 0. The minimum atomic E-state index is 0.782. The molecule has 1 rings (SSSR count). The predicted octanol–water partition coefficient (Wildman–Crippen LogP) is 2.23. The van der Waals surface area contributed by atoms with Crippen molar-refractivity contribution in [3.8, 4) is 0 Å². The lowest BCUT2D eigenvalue weighted by Gasteiger charge is -2.25. The SMILES string of the molecule is CC(C)C1C(C)CN(C)C1C. The molecule has 0 aromatic carbocycles. The van der Waals surface area contributed by atoms with Crippen LogP contribution in [0, 0.1) is 17.8 Å². The minimum Gasteiger partial charge on any atom is -0.303 e. The van der Waals surface area contributed by atoms with E-state index < -0.39 is 0 Å². The van der Waals surface area contributed by atoms with Gasteiger partial charge in [-0.25, -0.2) is 0 Å². The van der Waals surface area contributed by atoms with E-state index in [1.807, 2.05) is 0 Å². The quantitative estimate of drug-likeness (QED) is 0.561. The number of likely N-dealkylation sites (tertiary alicyclic amines) is 1. The lowest BCUT2D eigenvalue weighted by molar-refractivity contribution is 0.244. The monoisotopic (exact) mass is 155 g/mol. The van der Waals surface area contributed by atoms with Crippen LogP contribution in [0.5, 0.6) is 0 Å². The first-order valence-corrected chi connectivity index (χ1v) is 4.74. The fourth-order valence-corrected chi connectivity index (χ4v) is 2.73. The highest BCUT2D eigenvalue weighted by atomic mass is 15.2. The van der Waals surface area contributed by atoms with Crippen molar-refractivity contribution in [1.29, 1.82) is 0 Å². The third kappa shape index (κ3) is 1.58. The third-order valence-corrected chi connectivity index (χ3v) is 3.26. The first-order chi connectivity index (χ1) is 5.04. The summed E-state index contributed by atoms with van der Waals surface area (Å²) in [5, 5.41) is 0. The van der Waals surface area contributed by atoms with E-state index in [1.165, 1.54) is 6.54 Å². The van der Waals surface area contributed by atoms with Crippen LogP contribution in [0.4, 0.5) is 0 Å². The van der Waals surface area contributed by atoms with Gasteiger partial charge < -0.3 is 4.90 Å². The van der Waals surface area contributed by atoms with Crippen molar-refractivity contribution in [2.45, 2.75) is 33.7 Å². The molecular formula is C10H21N. The zero-order valence-electron chi connectivity index (χ0n) is 8.46. The molecule has 3 atom stereocenters. The first kappa shape index (κ1) is 9.05. The molecule has 1 aliphatic rings. The average molecular weight is 155 g/mol. The zero-order chi connectivity index (χ0) is 8.59. The van der Waals surface area contributed by atoms with E-state index >= 15 is 0 Å². The molecule has 1 saturated heterocycles. The van der Waals surface area contributed by atoms with Gasteiger partial charge in [0.25, 0.3) is 0 Å². The fraction of sp³-hybridized carbons (Fsp3) is 1.00. The molecule has 0 aliphatic carbocycles. The molecule has 0 aromatic rings. The van der Waals surface area contributed by atoms with E-state index in [4.69, 9.17) is 0 Å². The van der Waals surface area contributed by atoms with Crippen molar-refractivity contribution in [2.24, 2.45) is 17.8 Å². The highest BCUT2D eigenvalue weighted by Gasteiger charge is 2.35. The first-order valence-electron chi connectivity index (χ1n) is 4.74. The van der Waals surface area contributed by atoms with Gasteiger partial charge in [-0.1, -0.05) is 20.8 Å². The standard InChI is InChI=1S/C10H21N/c1-7(2)10-8(3)6-11(5)9(10)4/h7-10H,6H2,1-5H3. The zero-order valence-corrected chi connectivity index (χ0v) is 8.46. The average Bonchev–Trinajstić information content (AvgIpc) is 2.07. The van der Waals surface area contributed by atoms with Crippen LogP contribution in [0.3, 0.4) is 0 Å². The summed E-state index contributed by atoms with van der Waals surface area (Å²) >= 11 is 0. The molecule has 1 aliphatic heterocycles. The van der Waals surface area contributed by atoms with Gasteiger partial charge in [-0.05, 0) is 31.7 Å². The Morgan fingerprint density at radius 1 is 1.27 bits per heavy atom. The van der Waals surface area contributed by atoms with E-state index in [9.17, 15) is 0 Å². The molecule has 66 valence electrons. The second-order valence-electron chi connectivity index (χ2n) is 4.48. The van der Waals surface area contributed by atoms with E-state index in [0.717, 1.165) is 23.8 Å². The Hall–Kier alpha value is -0.0400. The maximum absolute atomic E-state index is 2.48. The molecule has 1 nitrogen and oxygen atoms in total. The minimum absolute atomic E-state index is 0.782. The Kier molecular flexibility index (Phi) is 2.58. The summed E-state index contributed by atoms with van der Waals surface area (Å²) < 4.78 is 0. The molecule has 0 saturated carbocycles. The molecule has 0 aromatic heterocycles. The summed E-state index contributed by atoms with van der Waals surface area (Å²) in [5.41, 5.74) is 0. The van der Waals surface area contributed by atoms with Gasteiger partial charge in [0.05, 0.1) is 0 Å². The summed E-state index contributed by atoms with van der Waals surface area (Å²) in [6, 6.07) is 0.782. The van der Waals surface area contributed by atoms with Gasteiger partial charge in [0.1, 0.15) is 0 Å². The van der Waals surface area contributed by atoms with Gasteiger partial charge >= 0.3 is 0 Å².